The Labute approximate surface area is 366 Å². The van der Waals surface area contributed by atoms with Crippen LogP contribution in [0.15, 0.2) is 48.5 Å². The maximum absolute atomic E-state index is 12.9. The van der Waals surface area contributed by atoms with Crippen molar-refractivity contribution in [2.45, 2.75) is 103 Å². The van der Waals surface area contributed by atoms with Crippen LogP contribution in [0.1, 0.15) is 62.3 Å². The Morgan fingerprint density at radius 2 is 0.855 bits per heavy atom. The molecule has 0 bridgehead atoms. The van der Waals surface area contributed by atoms with Gasteiger partial charge in [0, 0.05) is 76.5 Å². The lowest BCUT2D eigenvalue weighted by molar-refractivity contribution is 0.226. The summed E-state index contributed by atoms with van der Waals surface area (Å²) in [5.41, 5.74) is 16.2. The van der Waals surface area contributed by atoms with E-state index in [1.54, 1.807) is 20.8 Å². The number of nitrogens with one attached hydrogen (secondary N) is 12. The van der Waals surface area contributed by atoms with Gasteiger partial charge in [0.2, 0.25) is 0 Å². The molecular formula is C42H72N14O6. The van der Waals surface area contributed by atoms with Gasteiger partial charge in [0.15, 0.2) is 0 Å². The van der Waals surface area contributed by atoms with Gasteiger partial charge in [0.25, 0.3) is 0 Å². The van der Waals surface area contributed by atoms with E-state index in [0.29, 0.717) is 25.8 Å². The van der Waals surface area contributed by atoms with Crippen LogP contribution in [0.25, 0.3) is 0 Å². The minimum atomic E-state index is -0.491. The molecule has 2 aromatic carbocycles. The van der Waals surface area contributed by atoms with Gasteiger partial charge in [0.05, 0.1) is 6.04 Å². The minimum absolute atomic E-state index is 0.106. The van der Waals surface area contributed by atoms with Gasteiger partial charge in [-0.2, -0.15) is 0 Å². The number of carbonyl (C=O) groups excluding carboxylic acids is 6. The van der Waals surface area contributed by atoms with Crippen LogP contribution in [-0.4, -0.2) is 125 Å². The van der Waals surface area contributed by atoms with E-state index in [1.165, 1.54) is 7.05 Å². The SMILES string of the molecule is CNC(=O)NC[C@H](C)NC(=O)NC[C@H](Cc1ccc(C)cc1)NC(=O)NC[C@H](C)NC(=O)NC[C@H](C)NC(=O)NC[C@H](CCCCN)NC(=O)NC[C@@H](N)Cc1ccc(C)cc1. The maximum Gasteiger partial charge on any atom is 0.315 e. The number of aryl methyl sites for hydroxylation is 2. The highest BCUT2D eigenvalue weighted by atomic mass is 16.2. The lowest BCUT2D eigenvalue weighted by Gasteiger charge is -2.23. The second-order valence-corrected chi connectivity index (χ2v) is 15.8. The zero-order chi connectivity index (χ0) is 45.9. The molecule has 2 aromatic rings. The van der Waals surface area contributed by atoms with Crippen molar-refractivity contribution in [3.05, 3.63) is 70.8 Å². The molecule has 0 saturated carbocycles. The largest absolute Gasteiger partial charge is 0.341 e. The molecule has 0 aliphatic heterocycles. The van der Waals surface area contributed by atoms with Gasteiger partial charge in [-0.25, -0.2) is 28.8 Å². The molecule has 20 nitrogen and oxygen atoms in total. The van der Waals surface area contributed by atoms with Gasteiger partial charge < -0.3 is 75.3 Å². The van der Waals surface area contributed by atoms with Crippen molar-refractivity contribution in [2.75, 3.05) is 52.9 Å². The summed E-state index contributed by atoms with van der Waals surface area (Å²) in [6.45, 7) is 10.8. The molecular weight excluding hydrogens is 797 g/mol. The summed E-state index contributed by atoms with van der Waals surface area (Å²) in [4.78, 5) is 75.0. The number of hydrogen-bond acceptors (Lipinski definition) is 8. The lowest BCUT2D eigenvalue weighted by atomic mass is 10.0. The monoisotopic (exact) mass is 869 g/mol. The van der Waals surface area contributed by atoms with Crippen LogP contribution in [0.2, 0.25) is 0 Å². The predicted octanol–water partition coefficient (Wildman–Crippen LogP) is 0.873. The summed E-state index contributed by atoms with van der Waals surface area (Å²) in [6, 6.07) is 11.0. The highest BCUT2D eigenvalue weighted by molar-refractivity contribution is 5.78. The third-order valence-electron chi connectivity index (χ3n) is 9.51. The van der Waals surface area contributed by atoms with Crippen molar-refractivity contribution in [1.29, 1.82) is 0 Å². The Bertz CT molecular complexity index is 1670. The van der Waals surface area contributed by atoms with Crippen molar-refractivity contribution in [1.82, 2.24) is 63.8 Å². The van der Waals surface area contributed by atoms with Crippen molar-refractivity contribution in [3.8, 4) is 0 Å². The fraction of sp³-hybridized carbons (Fsp3) is 0.571. The molecule has 0 aliphatic rings. The second-order valence-electron chi connectivity index (χ2n) is 15.8. The van der Waals surface area contributed by atoms with E-state index in [2.05, 4.69) is 63.8 Å². The van der Waals surface area contributed by atoms with Crippen LogP contribution in [0.5, 0.6) is 0 Å². The Morgan fingerprint density at radius 3 is 1.31 bits per heavy atom. The fourth-order valence-electron chi connectivity index (χ4n) is 5.97. The molecule has 346 valence electrons. The van der Waals surface area contributed by atoms with Gasteiger partial charge in [-0.15, -0.1) is 0 Å². The molecule has 0 aliphatic carbocycles. The van der Waals surface area contributed by atoms with Crippen LogP contribution in [0.4, 0.5) is 28.8 Å². The summed E-state index contributed by atoms with van der Waals surface area (Å²) >= 11 is 0. The molecule has 0 unspecified atom stereocenters. The summed E-state index contributed by atoms with van der Waals surface area (Å²) in [5, 5.41) is 33.0. The van der Waals surface area contributed by atoms with E-state index >= 15 is 0 Å². The van der Waals surface area contributed by atoms with Gasteiger partial charge >= 0.3 is 36.2 Å². The molecule has 0 fully saturated rings. The number of unbranched alkanes of at least 4 members (excludes halogenated alkanes) is 1. The first-order valence-corrected chi connectivity index (χ1v) is 21.3. The van der Waals surface area contributed by atoms with Gasteiger partial charge in [-0.1, -0.05) is 66.1 Å². The third-order valence-corrected chi connectivity index (χ3v) is 9.51. The van der Waals surface area contributed by atoms with E-state index < -0.39 is 42.2 Å². The minimum Gasteiger partial charge on any atom is -0.341 e. The molecule has 20 heteroatoms. The first-order valence-electron chi connectivity index (χ1n) is 21.3. The van der Waals surface area contributed by atoms with Crippen LogP contribution in [0, 0.1) is 13.8 Å². The van der Waals surface area contributed by atoms with E-state index in [9.17, 15) is 28.8 Å². The first-order chi connectivity index (χ1) is 29.5. The molecule has 0 heterocycles. The molecule has 0 spiro atoms. The first kappa shape index (κ1) is 52.1. The third kappa shape index (κ3) is 24.3. The van der Waals surface area contributed by atoms with Crippen LogP contribution in [-0.2, 0) is 12.8 Å². The normalized spacial score (nSPS) is 13.6. The number of nitrogens with two attached hydrogens (primary N) is 2. The number of hydrogen-bond donors (Lipinski definition) is 14. The van der Waals surface area contributed by atoms with Gasteiger partial charge in [-0.3, -0.25) is 0 Å². The second kappa shape index (κ2) is 29.3. The Hall–Kier alpha value is -6.02. The van der Waals surface area contributed by atoms with Crippen molar-refractivity contribution in [3.63, 3.8) is 0 Å². The van der Waals surface area contributed by atoms with Crippen molar-refractivity contribution < 1.29 is 28.8 Å². The Kier molecular flexibility index (Phi) is 24.6. The zero-order valence-electron chi connectivity index (χ0n) is 37.2. The number of benzene rings is 2. The molecule has 6 atom stereocenters. The van der Waals surface area contributed by atoms with Crippen LogP contribution < -0.4 is 75.3 Å². The summed E-state index contributed by atoms with van der Waals surface area (Å²) in [7, 11) is 1.50. The topological polar surface area (TPSA) is 299 Å². The molecule has 0 saturated heterocycles. The van der Waals surface area contributed by atoms with E-state index in [4.69, 9.17) is 11.5 Å². The van der Waals surface area contributed by atoms with E-state index in [1.807, 2.05) is 62.4 Å². The predicted molar refractivity (Wildman–Crippen MR) is 242 cm³/mol. The molecule has 12 amide bonds. The molecule has 2 rings (SSSR count). The zero-order valence-corrected chi connectivity index (χ0v) is 37.2. The number of urea groups is 6. The standard InChI is InChI=1S/C42H72N14O6/c1-27-10-14-32(15-11-27)19-34(44)24-49-42(62)55-35(9-7-8-18-43)25-50-39(59)54-30(4)22-47-38(58)52-31(5)23-48-41(61)56-36(20-33-16-12-28(2)13-17-33)26-51-40(60)53-29(3)21-46-37(57)45-6/h10-17,29-31,34-36H,7-9,18-26,43-44H2,1-6H3,(H2,45,46,57)(H2,47,52,58)(H2,48,56,61)(H2,49,55,62)(H2,50,54,59)(H2,51,53,60)/t29-,30-,31-,34-,35-,36-/m0/s1. The van der Waals surface area contributed by atoms with E-state index in [0.717, 1.165) is 35.1 Å². The van der Waals surface area contributed by atoms with E-state index in [-0.39, 0.29) is 69.5 Å². The summed E-state index contributed by atoms with van der Waals surface area (Å²) in [5.74, 6) is 0. The number of amides is 12. The molecule has 16 N–H and O–H groups in total. The average Bonchev–Trinajstić information content (AvgIpc) is 3.23. The smallest absolute Gasteiger partial charge is 0.315 e. The lowest BCUT2D eigenvalue weighted by Crippen LogP contribution is -2.54. The van der Waals surface area contributed by atoms with Gasteiger partial charge in [0.1, 0.15) is 0 Å². The summed E-state index contributed by atoms with van der Waals surface area (Å²) in [6.07, 6.45) is 3.21. The van der Waals surface area contributed by atoms with Crippen LogP contribution in [0.3, 0.4) is 0 Å². The van der Waals surface area contributed by atoms with Crippen molar-refractivity contribution in [2.24, 2.45) is 11.5 Å². The number of carbonyl (C=O) groups is 6. The van der Waals surface area contributed by atoms with Gasteiger partial charge in [-0.05, 0) is 78.0 Å². The molecule has 0 radical (unpaired) electrons. The average molecular weight is 869 g/mol. The molecule has 0 aromatic heterocycles. The summed E-state index contributed by atoms with van der Waals surface area (Å²) < 4.78 is 0. The maximum atomic E-state index is 12.9. The quantitative estimate of drug-likeness (QED) is 0.0634. The van der Waals surface area contributed by atoms with Crippen molar-refractivity contribution >= 4 is 36.2 Å². The fourth-order valence-corrected chi connectivity index (χ4v) is 5.97. The Balaban J connectivity index is 1.75. The highest BCUT2D eigenvalue weighted by Gasteiger charge is 2.19. The highest BCUT2D eigenvalue weighted by Crippen LogP contribution is 2.07. The van der Waals surface area contributed by atoms with Crippen LogP contribution >= 0.6 is 0 Å². The molecule has 62 heavy (non-hydrogen) atoms. The number of rotatable bonds is 25. The Morgan fingerprint density at radius 1 is 0.484 bits per heavy atom.